The molecule has 0 amide bonds. The summed E-state index contributed by atoms with van der Waals surface area (Å²) >= 11 is 0. The zero-order valence-electron chi connectivity index (χ0n) is 11.8. The Labute approximate surface area is 111 Å². The van der Waals surface area contributed by atoms with Gasteiger partial charge in [0.1, 0.15) is 5.75 Å². The molecule has 100 valence electrons. The van der Waals surface area contributed by atoms with Crippen LogP contribution in [0.25, 0.3) is 0 Å². The van der Waals surface area contributed by atoms with Crippen molar-refractivity contribution < 1.29 is 4.74 Å². The van der Waals surface area contributed by atoms with Crippen LogP contribution in [-0.2, 0) is 6.42 Å². The number of benzene rings is 1. The third kappa shape index (κ3) is 3.49. The van der Waals surface area contributed by atoms with Crippen LogP contribution >= 0.6 is 0 Å². The quantitative estimate of drug-likeness (QED) is 0.820. The first kappa shape index (κ1) is 13.4. The normalized spacial score (nSPS) is 18.8. The van der Waals surface area contributed by atoms with Crippen LogP contribution in [0.1, 0.15) is 57.2 Å². The molecule has 1 aliphatic carbocycles. The Kier molecular flexibility index (Phi) is 3.96. The van der Waals surface area contributed by atoms with Crippen molar-refractivity contribution in [2.24, 2.45) is 11.1 Å². The van der Waals surface area contributed by atoms with Crippen molar-refractivity contribution in [2.45, 2.75) is 52.5 Å². The molecular weight excluding hydrogens is 222 g/mol. The average molecular weight is 247 g/mol. The maximum Gasteiger partial charge on any atom is 0.119 e. The number of hydrogen-bond acceptors (Lipinski definition) is 2. The summed E-state index contributed by atoms with van der Waals surface area (Å²) in [7, 11) is 0. The van der Waals surface area contributed by atoms with Gasteiger partial charge in [0.25, 0.3) is 0 Å². The summed E-state index contributed by atoms with van der Waals surface area (Å²) in [5, 5.41) is 0. The predicted octanol–water partition coefficient (Wildman–Crippen LogP) is 3.84. The number of ether oxygens (including phenoxy) is 1. The molecule has 0 fully saturated rings. The van der Waals surface area contributed by atoms with Crippen LogP contribution in [0.15, 0.2) is 18.2 Å². The highest BCUT2D eigenvalue weighted by atomic mass is 16.5. The summed E-state index contributed by atoms with van der Waals surface area (Å²) < 4.78 is 5.82. The molecule has 2 rings (SSSR count). The minimum atomic E-state index is 0.231. The van der Waals surface area contributed by atoms with E-state index in [1.54, 1.807) is 0 Å². The second-order valence-electron chi connectivity index (χ2n) is 6.52. The summed E-state index contributed by atoms with van der Waals surface area (Å²) in [4.78, 5) is 0. The van der Waals surface area contributed by atoms with E-state index in [-0.39, 0.29) is 6.04 Å². The van der Waals surface area contributed by atoms with E-state index in [1.165, 1.54) is 17.5 Å². The maximum atomic E-state index is 6.03. The molecule has 2 nitrogen and oxygen atoms in total. The Morgan fingerprint density at radius 3 is 2.83 bits per heavy atom. The van der Waals surface area contributed by atoms with Crippen LogP contribution in [0, 0.1) is 5.41 Å². The van der Waals surface area contributed by atoms with Crippen LogP contribution in [0.5, 0.6) is 5.75 Å². The summed E-state index contributed by atoms with van der Waals surface area (Å²) in [6.07, 6.45) is 4.47. The van der Waals surface area contributed by atoms with Crippen molar-refractivity contribution in [1.82, 2.24) is 0 Å². The highest BCUT2D eigenvalue weighted by Gasteiger charge is 2.19. The Balaban J connectivity index is 1.84. The van der Waals surface area contributed by atoms with E-state index in [0.717, 1.165) is 31.6 Å². The van der Waals surface area contributed by atoms with Gasteiger partial charge in [0.05, 0.1) is 6.61 Å². The minimum absolute atomic E-state index is 0.231. The van der Waals surface area contributed by atoms with Gasteiger partial charge in [-0.15, -0.1) is 0 Å². The van der Waals surface area contributed by atoms with Gasteiger partial charge >= 0.3 is 0 Å². The van der Waals surface area contributed by atoms with Crippen LogP contribution in [0.3, 0.4) is 0 Å². The fourth-order valence-corrected chi connectivity index (χ4v) is 2.51. The molecule has 0 aliphatic heterocycles. The van der Waals surface area contributed by atoms with Crippen molar-refractivity contribution in [1.29, 1.82) is 0 Å². The molecule has 2 heteroatoms. The molecular formula is C16H25NO. The number of fused-ring (bicyclic) bond motifs is 1. The zero-order chi connectivity index (χ0) is 13.2. The second-order valence-corrected chi connectivity index (χ2v) is 6.52. The van der Waals surface area contributed by atoms with E-state index < -0.39 is 0 Å². The topological polar surface area (TPSA) is 35.2 Å². The highest BCUT2D eigenvalue weighted by Crippen LogP contribution is 2.32. The van der Waals surface area contributed by atoms with E-state index >= 15 is 0 Å². The maximum absolute atomic E-state index is 6.03. The molecule has 0 bridgehead atoms. The summed E-state index contributed by atoms with van der Waals surface area (Å²) in [5.74, 6) is 0.997. The van der Waals surface area contributed by atoms with Gasteiger partial charge in [-0.2, -0.15) is 0 Å². The van der Waals surface area contributed by atoms with Crippen LogP contribution < -0.4 is 10.5 Å². The standard InChI is InChI=1S/C16H25NO/c1-16(2,3)9-4-10-18-13-6-7-14-12(11-13)5-8-15(14)17/h6-7,11,15H,4-5,8-10,17H2,1-3H3. The third-order valence-corrected chi connectivity index (χ3v) is 3.58. The van der Waals surface area contributed by atoms with Gasteiger partial charge in [-0.25, -0.2) is 0 Å². The SMILES string of the molecule is CC(C)(C)CCCOc1ccc2c(c1)CCC2N. The van der Waals surface area contributed by atoms with Gasteiger partial charge in [0.2, 0.25) is 0 Å². The number of aryl methyl sites for hydroxylation is 1. The summed E-state index contributed by atoms with van der Waals surface area (Å²) in [6, 6.07) is 6.59. The first-order chi connectivity index (χ1) is 8.46. The monoisotopic (exact) mass is 247 g/mol. The lowest BCUT2D eigenvalue weighted by molar-refractivity contribution is 0.269. The third-order valence-electron chi connectivity index (χ3n) is 3.58. The van der Waals surface area contributed by atoms with E-state index in [1.807, 2.05) is 0 Å². The molecule has 0 aromatic heterocycles. The lowest BCUT2D eigenvalue weighted by Crippen LogP contribution is -2.08. The van der Waals surface area contributed by atoms with Crippen molar-refractivity contribution in [3.05, 3.63) is 29.3 Å². The van der Waals surface area contributed by atoms with Crippen molar-refractivity contribution >= 4 is 0 Å². The van der Waals surface area contributed by atoms with Gasteiger partial charge in [-0.05, 0) is 54.4 Å². The van der Waals surface area contributed by atoms with Crippen LogP contribution in [0.4, 0.5) is 0 Å². The zero-order valence-corrected chi connectivity index (χ0v) is 11.8. The number of hydrogen-bond donors (Lipinski definition) is 1. The van der Waals surface area contributed by atoms with E-state index in [9.17, 15) is 0 Å². The predicted molar refractivity (Wildman–Crippen MR) is 75.9 cm³/mol. The molecule has 18 heavy (non-hydrogen) atoms. The minimum Gasteiger partial charge on any atom is -0.494 e. The average Bonchev–Trinajstić information content (AvgIpc) is 2.65. The van der Waals surface area contributed by atoms with E-state index in [4.69, 9.17) is 10.5 Å². The van der Waals surface area contributed by atoms with Gasteiger partial charge in [-0.1, -0.05) is 26.8 Å². The molecule has 1 aliphatic rings. The first-order valence-corrected chi connectivity index (χ1v) is 6.97. The van der Waals surface area contributed by atoms with Gasteiger partial charge in [0.15, 0.2) is 0 Å². The van der Waals surface area contributed by atoms with Gasteiger partial charge < -0.3 is 10.5 Å². The van der Waals surface area contributed by atoms with Crippen molar-refractivity contribution in [2.75, 3.05) is 6.61 Å². The fraction of sp³-hybridized carbons (Fsp3) is 0.625. The number of nitrogens with two attached hydrogens (primary N) is 1. The molecule has 1 aromatic carbocycles. The lowest BCUT2D eigenvalue weighted by atomic mass is 9.91. The van der Waals surface area contributed by atoms with E-state index in [2.05, 4.69) is 39.0 Å². The first-order valence-electron chi connectivity index (χ1n) is 6.97. The Hall–Kier alpha value is -1.02. The number of rotatable bonds is 4. The van der Waals surface area contributed by atoms with E-state index in [0.29, 0.717) is 5.41 Å². The van der Waals surface area contributed by atoms with Crippen LogP contribution in [0.2, 0.25) is 0 Å². The second kappa shape index (κ2) is 5.31. The Morgan fingerprint density at radius 1 is 1.33 bits per heavy atom. The lowest BCUT2D eigenvalue weighted by Gasteiger charge is -2.17. The summed E-state index contributed by atoms with van der Waals surface area (Å²) in [5.41, 5.74) is 9.10. The molecule has 0 radical (unpaired) electrons. The van der Waals surface area contributed by atoms with Gasteiger partial charge in [-0.3, -0.25) is 0 Å². The Bertz CT molecular complexity index is 406. The molecule has 0 spiro atoms. The Morgan fingerprint density at radius 2 is 2.11 bits per heavy atom. The molecule has 2 N–H and O–H groups in total. The van der Waals surface area contributed by atoms with Gasteiger partial charge in [0, 0.05) is 6.04 Å². The van der Waals surface area contributed by atoms with Crippen LogP contribution in [-0.4, -0.2) is 6.61 Å². The highest BCUT2D eigenvalue weighted by molar-refractivity contribution is 5.40. The summed E-state index contributed by atoms with van der Waals surface area (Å²) in [6.45, 7) is 7.61. The van der Waals surface area contributed by atoms with Crippen molar-refractivity contribution in [3.8, 4) is 5.75 Å². The molecule has 0 saturated carbocycles. The van der Waals surface area contributed by atoms with Crippen molar-refractivity contribution in [3.63, 3.8) is 0 Å². The molecule has 0 heterocycles. The molecule has 1 aromatic rings. The smallest absolute Gasteiger partial charge is 0.119 e. The fourth-order valence-electron chi connectivity index (χ4n) is 2.51. The molecule has 1 unspecified atom stereocenters. The molecule has 0 saturated heterocycles. The largest absolute Gasteiger partial charge is 0.494 e. The molecule has 1 atom stereocenters.